The number of amides is 2. The van der Waals surface area contributed by atoms with E-state index in [-0.39, 0.29) is 6.03 Å². The minimum absolute atomic E-state index is 0.112. The molecule has 1 saturated heterocycles. The molecule has 0 aromatic rings. The maximum Gasteiger partial charge on any atom is 0.326 e. The predicted molar refractivity (Wildman–Crippen MR) is 64.9 cm³/mol. The maximum absolute atomic E-state index is 12.2. The molecule has 0 bridgehead atoms. The zero-order chi connectivity index (χ0) is 12.8. The number of aliphatic carboxylic acids is 1. The normalized spacial score (nSPS) is 19.4. The molecule has 0 aromatic carbocycles. The summed E-state index contributed by atoms with van der Waals surface area (Å²) in [5.74, 6) is -0.885. The second-order valence-corrected chi connectivity index (χ2v) is 4.46. The molecular weight excluding hydrogens is 220 g/mol. The van der Waals surface area contributed by atoms with Crippen LogP contribution in [-0.4, -0.2) is 52.6 Å². The van der Waals surface area contributed by atoms with Crippen LogP contribution >= 0.6 is 0 Å². The first-order chi connectivity index (χ1) is 8.11. The summed E-state index contributed by atoms with van der Waals surface area (Å²) in [7, 11) is 0. The molecule has 0 aromatic heterocycles. The average Bonchev–Trinajstić information content (AvgIpc) is 2.76. The molecule has 0 unspecified atom stereocenters. The van der Waals surface area contributed by atoms with Gasteiger partial charge in [-0.3, -0.25) is 0 Å². The van der Waals surface area contributed by atoms with Crippen molar-refractivity contribution in [1.82, 2.24) is 9.80 Å². The Morgan fingerprint density at radius 1 is 1.29 bits per heavy atom. The lowest BCUT2D eigenvalue weighted by Crippen LogP contribution is -2.48. The van der Waals surface area contributed by atoms with Gasteiger partial charge in [-0.25, -0.2) is 9.59 Å². The van der Waals surface area contributed by atoms with Gasteiger partial charge >= 0.3 is 12.0 Å². The molecule has 1 aliphatic rings. The Labute approximate surface area is 102 Å². The van der Waals surface area contributed by atoms with E-state index in [1.807, 2.05) is 13.8 Å². The fourth-order valence-electron chi connectivity index (χ4n) is 2.28. The molecule has 1 fully saturated rings. The van der Waals surface area contributed by atoms with Crippen molar-refractivity contribution in [3.05, 3.63) is 0 Å². The number of carboxylic acid groups (broad SMARTS) is 1. The van der Waals surface area contributed by atoms with Gasteiger partial charge in [0, 0.05) is 19.6 Å². The number of rotatable bonds is 5. The van der Waals surface area contributed by atoms with E-state index in [1.165, 1.54) is 4.90 Å². The Morgan fingerprint density at radius 3 is 2.35 bits per heavy atom. The summed E-state index contributed by atoms with van der Waals surface area (Å²) in [6.07, 6.45) is 3.16. The van der Waals surface area contributed by atoms with Crippen LogP contribution in [0.5, 0.6) is 0 Å². The average molecular weight is 242 g/mol. The van der Waals surface area contributed by atoms with E-state index in [1.54, 1.807) is 4.90 Å². The first kappa shape index (κ1) is 13.8. The number of nitrogens with zero attached hydrogens (tertiary/aromatic N) is 2. The number of hydrogen-bond acceptors (Lipinski definition) is 2. The number of carbonyl (C=O) groups is 2. The number of hydrogen-bond donors (Lipinski definition) is 1. The third-order valence-electron chi connectivity index (χ3n) is 3.04. The molecule has 0 radical (unpaired) electrons. The molecule has 98 valence electrons. The molecule has 1 heterocycles. The van der Waals surface area contributed by atoms with Crippen LogP contribution in [0.1, 0.15) is 39.5 Å². The fraction of sp³-hybridized carbons (Fsp3) is 0.833. The van der Waals surface area contributed by atoms with E-state index in [0.29, 0.717) is 26.1 Å². The van der Waals surface area contributed by atoms with E-state index in [0.717, 1.165) is 19.3 Å². The van der Waals surface area contributed by atoms with Gasteiger partial charge in [-0.1, -0.05) is 13.8 Å². The topological polar surface area (TPSA) is 60.9 Å². The summed E-state index contributed by atoms with van der Waals surface area (Å²) >= 11 is 0. The quantitative estimate of drug-likeness (QED) is 0.799. The van der Waals surface area contributed by atoms with Crippen molar-refractivity contribution < 1.29 is 14.7 Å². The Kier molecular flexibility index (Phi) is 5.25. The lowest BCUT2D eigenvalue weighted by Gasteiger charge is -2.29. The highest BCUT2D eigenvalue weighted by molar-refractivity contribution is 5.83. The summed E-state index contributed by atoms with van der Waals surface area (Å²) in [6.45, 7) is 6.02. The minimum Gasteiger partial charge on any atom is -0.480 e. The van der Waals surface area contributed by atoms with E-state index in [2.05, 4.69) is 0 Å². The van der Waals surface area contributed by atoms with Crippen molar-refractivity contribution in [3.8, 4) is 0 Å². The molecule has 0 saturated carbocycles. The standard InChI is InChI=1S/C12H22N2O3/c1-3-7-13(8-4-2)12(17)14-9-5-6-10(14)11(15)16/h10H,3-9H2,1-2H3,(H,15,16)/t10-/m0/s1. The van der Waals surface area contributed by atoms with E-state index in [4.69, 9.17) is 5.11 Å². The van der Waals surface area contributed by atoms with Gasteiger partial charge in [0.1, 0.15) is 6.04 Å². The zero-order valence-corrected chi connectivity index (χ0v) is 10.7. The predicted octanol–water partition coefficient (Wildman–Crippen LogP) is 1.78. The van der Waals surface area contributed by atoms with Crippen LogP contribution in [0.4, 0.5) is 4.79 Å². The Bertz CT molecular complexity index is 275. The number of likely N-dealkylation sites (tertiary alicyclic amines) is 1. The highest BCUT2D eigenvalue weighted by Crippen LogP contribution is 2.19. The highest BCUT2D eigenvalue weighted by atomic mass is 16.4. The van der Waals surface area contributed by atoms with Gasteiger partial charge in [0.2, 0.25) is 0 Å². The van der Waals surface area contributed by atoms with Crippen molar-refractivity contribution in [3.63, 3.8) is 0 Å². The minimum atomic E-state index is -0.885. The van der Waals surface area contributed by atoms with Crippen LogP contribution in [0, 0.1) is 0 Å². The van der Waals surface area contributed by atoms with Crippen LogP contribution in [0.2, 0.25) is 0 Å². The van der Waals surface area contributed by atoms with E-state index in [9.17, 15) is 9.59 Å². The third-order valence-corrected chi connectivity index (χ3v) is 3.04. The van der Waals surface area contributed by atoms with Crippen molar-refractivity contribution in [2.75, 3.05) is 19.6 Å². The van der Waals surface area contributed by atoms with Crippen molar-refractivity contribution >= 4 is 12.0 Å². The second-order valence-electron chi connectivity index (χ2n) is 4.46. The van der Waals surface area contributed by atoms with Crippen LogP contribution < -0.4 is 0 Å². The summed E-state index contributed by atoms with van der Waals surface area (Å²) in [5, 5.41) is 9.06. The van der Waals surface area contributed by atoms with Crippen molar-refractivity contribution in [2.45, 2.75) is 45.6 Å². The summed E-state index contributed by atoms with van der Waals surface area (Å²) in [4.78, 5) is 26.5. The largest absolute Gasteiger partial charge is 0.480 e. The monoisotopic (exact) mass is 242 g/mol. The van der Waals surface area contributed by atoms with E-state index < -0.39 is 12.0 Å². The second kappa shape index (κ2) is 6.47. The van der Waals surface area contributed by atoms with Crippen LogP contribution in [0.3, 0.4) is 0 Å². The Hall–Kier alpha value is -1.26. The SMILES string of the molecule is CCCN(CCC)C(=O)N1CCC[C@H]1C(=O)O. The van der Waals surface area contributed by atoms with Crippen molar-refractivity contribution in [1.29, 1.82) is 0 Å². The van der Waals surface area contributed by atoms with Gasteiger partial charge in [0.25, 0.3) is 0 Å². The lowest BCUT2D eigenvalue weighted by atomic mass is 10.2. The van der Waals surface area contributed by atoms with Crippen LogP contribution in [-0.2, 0) is 4.79 Å². The van der Waals surface area contributed by atoms with Crippen molar-refractivity contribution in [2.24, 2.45) is 0 Å². The van der Waals surface area contributed by atoms with Gasteiger partial charge in [-0.05, 0) is 25.7 Å². The summed E-state index contributed by atoms with van der Waals surface area (Å²) in [5.41, 5.74) is 0. The third kappa shape index (κ3) is 3.35. The zero-order valence-electron chi connectivity index (χ0n) is 10.7. The molecule has 17 heavy (non-hydrogen) atoms. The Balaban J connectivity index is 2.68. The van der Waals surface area contributed by atoms with Gasteiger partial charge in [0.05, 0.1) is 0 Å². The molecule has 2 amide bonds. The molecule has 0 aliphatic carbocycles. The molecule has 5 heteroatoms. The van der Waals surface area contributed by atoms with Gasteiger partial charge < -0.3 is 14.9 Å². The van der Waals surface area contributed by atoms with Gasteiger partial charge in [0.15, 0.2) is 0 Å². The summed E-state index contributed by atoms with van der Waals surface area (Å²) < 4.78 is 0. The molecule has 1 aliphatic heterocycles. The number of carbonyl (C=O) groups excluding carboxylic acids is 1. The van der Waals surface area contributed by atoms with Gasteiger partial charge in [-0.2, -0.15) is 0 Å². The van der Waals surface area contributed by atoms with Gasteiger partial charge in [-0.15, -0.1) is 0 Å². The molecule has 1 N–H and O–H groups in total. The smallest absolute Gasteiger partial charge is 0.326 e. The first-order valence-electron chi connectivity index (χ1n) is 6.40. The lowest BCUT2D eigenvalue weighted by molar-refractivity contribution is -0.141. The molecule has 1 rings (SSSR count). The number of carboxylic acids is 1. The molecule has 0 spiro atoms. The Morgan fingerprint density at radius 2 is 1.88 bits per heavy atom. The number of urea groups is 1. The molecule has 1 atom stereocenters. The molecular formula is C12H22N2O3. The maximum atomic E-state index is 12.2. The van der Waals surface area contributed by atoms with E-state index >= 15 is 0 Å². The van der Waals surface area contributed by atoms with Crippen LogP contribution in [0.15, 0.2) is 0 Å². The van der Waals surface area contributed by atoms with Crippen LogP contribution in [0.25, 0.3) is 0 Å². The fourth-order valence-corrected chi connectivity index (χ4v) is 2.28. The highest BCUT2D eigenvalue weighted by Gasteiger charge is 2.35. The first-order valence-corrected chi connectivity index (χ1v) is 6.40. The molecule has 5 nitrogen and oxygen atoms in total. The summed E-state index contributed by atoms with van der Waals surface area (Å²) in [6, 6.07) is -0.739.